The summed E-state index contributed by atoms with van der Waals surface area (Å²) in [7, 11) is 0. The molecule has 0 atom stereocenters. The molecular formula is C28H35F9N4O4. The van der Waals surface area contributed by atoms with Crippen LogP contribution in [0, 0.1) is 12.7 Å². The van der Waals surface area contributed by atoms with E-state index in [9.17, 15) is 49.4 Å². The normalized spacial score (nSPS) is 13.6. The van der Waals surface area contributed by atoms with Crippen molar-refractivity contribution in [3.8, 4) is 17.0 Å². The highest BCUT2D eigenvalue weighted by molar-refractivity contribution is 5.91. The van der Waals surface area contributed by atoms with E-state index in [1.165, 1.54) is 12.1 Å². The zero-order chi connectivity index (χ0) is 33.7. The van der Waals surface area contributed by atoms with E-state index in [1.807, 2.05) is 11.0 Å². The van der Waals surface area contributed by atoms with Gasteiger partial charge in [-0.1, -0.05) is 0 Å². The number of nitrogens with zero attached hydrogens (tertiary/aromatic N) is 3. The Morgan fingerprint density at radius 3 is 2.31 bits per heavy atom. The fourth-order valence-corrected chi connectivity index (χ4v) is 4.12. The number of morpholine rings is 1. The van der Waals surface area contributed by atoms with Crippen LogP contribution in [0.4, 0.5) is 55.8 Å². The van der Waals surface area contributed by atoms with Crippen LogP contribution < -0.4 is 15.0 Å². The number of amides is 2. The maximum atomic E-state index is 14.9. The van der Waals surface area contributed by atoms with E-state index in [0.29, 0.717) is 48.8 Å². The number of ether oxygens (including phenoxy) is 2. The van der Waals surface area contributed by atoms with Gasteiger partial charge in [0.2, 0.25) is 5.88 Å². The highest BCUT2D eigenvalue weighted by atomic mass is 19.3. The van der Waals surface area contributed by atoms with Gasteiger partial charge in [-0.05, 0) is 55.2 Å². The van der Waals surface area contributed by atoms with Crippen LogP contribution in [-0.2, 0) is 4.74 Å². The number of hydrogen-bond donors (Lipinski definition) is 2. The first-order chi connectivity index (χ1) is 21.2. The molecule has 8 nitrogen and oxygen atoms in total. The Bertz CT molecular complexity index is 1210. The smallest absolute Gasteiger partial charge is 0.321 e. The molecule has 1 fully saturated rings. The third-order valence-electron chi connectivity index (χ3n) is 6.45. The van der Waals surface area contributed by atoms with Crippen molar-refractivity contribution in [2.45, 2.75) is 51.9 Å². The van der Waals surface area contributed by atoms with Crippen LogP contribution in [0.2, 0.25) is 0 Å². The van der Waals surface area contributed by atoms with Gasteiger partial charge in [-0.25, -0.2) is 44.3 Å². The number of pyridine rings is 1. The number of hydrogen-bond acceptors (Lipinski definition) is 6. The van der Waals surface area contributed by atoms with Crippen LogP contribution in [-0.4, -0.2) is 98.8 Å². The average Bonchev–Trinajstić information content (AvgIpc) is 3.00. The number of anilines is 2. The molecule has 0 aliphatic carbocycles. The predicted octanol–water partition coefficient (Wildman–Crippen LogP) is 6.45. The van der Waals surface area contributed by atoms with Crippen LogP contribution in [0.1, 0.15) is 25.3 Å². The Morgan fingerprint density at radius 1 is 1.11 bits per heavy atom. The lowest BCUT2D eigenvalue weighted by molar-refractivity contribution is -0.133. The number of aliphatic hydroxyl groups excluding tert-OH is 1. The quantitative estimate of drug-likeness (QED) is 0.240. The summed E-state index contributed by atoms with van der Waals surface area (Å²) in [5, 5.41) is 11.6. The minimum atomic E-state index is -4.14. The number of carbonyl (C=O) groups is 1. The van der Waals surface area contributed by atoms with Crippen LogP contribution in [0.3, 0.4) is 0 Å². The van der Waals surface area contributed by atoms with Gasteiger partial charge in [-0.2, -0.15) is 4.98 Å². The largest absolute Gasteiger partial charge is 0.475 e. The van der Waals surface area contributed by atoms with Crippen molar-refractivity contribution >= 4 is 17.5 Å². The lowest BCUT2D eigenvalue weighted by Gasteiger charge is -2.28. The van der Waals surface area contributed by atoms with Gasteiger partial charge in [-0.15, -0.1) is 0 Å². The average molecular weight is 663 g/mol. The first kappa shape index (κ1) is 37.7. The van der Waals surface area contributed by atoms with Crippen LogP contribution in [0.25, 0.3) is 11.1 Å². The van der Waals surface area contributed by atoms with E-state index in [-0.39, 0.29) is 44.3 Å². The summed E-state index contributed by atoms with van der Waals surface area (Å²) in [6.07, 6.45) is -12.2. The second-order valence-electron chi connectivity index (χ2n) is 9.71. The number of halogens is 9. The molecule has 17 heteroatoms. The highest BCUT2D eigenvalue weighted by Gasteiger charge is 2.39. The molecule has 45 heavy (non-hydrogen) atoms. The summed E-state index contributed by atoms with van der Waals surface area (Å²) in [5.41, 5.74) is 1.64. The standard InChI is InChI=1S/C26H33F5N4O4.C2H2F4/c1-3-34(6-4-5-26(30,31)24(28)29)25(37)32-21-16-19(17(2)13-20(21)27)18-14-22(35-7-10-38-11-8-35)33-23(15-18)39-12-9-36;3-1(4)2(5)6/h13-16,24,36H,3-12H2,1-2H3,(H,32,37);1-2H. The minimum absolute atomic E-state index is 0.0266. The van der Waals surface area contributed by atoms with Gasteiger partial charge in [0.1, 0.15) is 18.2 Å². The Kier molecular flexibility index (Phi) is 15.0. The van der Waals surface area contributed by atoms with Gasteiger partial charge in [-0.3, -0.25) is 0 Å². The third-order valence-corrected chi connectivity index (χ3v) is 6.45. The van der Waals surface area contributed by atoms with Crippen molar-refractivity contribution in [1.82, 2.24) is 9.88 Å². The van der Waals surface area contributed by atoms with Crippen LogP contribution in [0.5, 0.6) is 5.88 Å². The van der Waals surface area contributed by atoms with Crippen molar-refractivity contribution in [2.75, 3.05) is 62.8 Å². The number of aliphatic hydroxyl groups is 1. The molecule has 0 saturated carbocycles. The van der Waals surface area contributed by atoms with Gasteiger partial charge >= 0.3 is 18.4 Å². The summed E-state index contributed by atoms with van der Waals surface area (Å²) in [5.74, 6) is -3.98. The first-order valence-corrected chi connectivity index (χ1v) is 13.9. The summed E-state index contributed by atoms with van der Waals surface area (Å²) >= 11 is 0. The molecule has 2 heterocycles. The molecule has 1 aliphatic rings. The Hall–Kier alpha value is -3.47. The SMILES string of the molecule is CCN(CCCC(F)(F)C(F)F)C(=O)Nc1cc(-c2cc(OCCO)nc(N3CCOCC3)c2)c(C)cc1F.FC(F)C(F)F. The molecule has 2 aromatic rings. The number of carbonyl (C=O) groups excluding carboxylic acids is 1. The zero-order valence-corrected chi connectivity index (χ0v) is 24.5. The summed E-state index contributed by atoms with van der Waals surface area (Å²) < 4.78 is 119. The second kappa shape index (κ2) is 17.9. The molecule has 2 amide bonds. The van der Waals surface area contributed by atoms with Crippen molar-refractivity contribution in [3.63, 3.8) is 0 Å². The fraction of sp³-hybridized carbons (Fsp3) is 0.571. The number of benzene rings is 1. The Balaban J connectivity index is 0.00000107. The van der Waals surface area contributed by atoms with Crippen molar-refractivity contribution < 1.29 is 58.9 Å². The maximum Gasteiger partial charge on any atom is 0.321 e. The number of aromatic nitrogens is 1. The molecule has 3 rings (SSSR count). The minimum Gasteiger partial charge on any atom is -0.475 e. The van der Waals surface area contributed by atoms with Crippen LogP contribution >= 0.6 is 0 Å². The molecule has 0 unspecified atom stereocenters. The van der Waals surface area contributed by atoms with E-state index in [2.05, 4.69) is 10.3 Å². The van der Waals surface area contributed by atoms with E-state index in [0.717, 1.165) is 4.90 Å². The summed E-state index contributed by atoms with van der Waals surface area (Å²) in [6, 6.07) is 5.42. The molecule has 0 spiro atoms. The maximum absolute atomic E-state index is 14.9. The molecule has 1 aromatic heterocycles. The number of aryl methyl sites for hydroxylation is 1. The fourth-order valence-electron chi connectivity index (χ4n) is 4.12. The van der Waals surface area contributed by atoms with E-state index in [4.69, 9.17) is 9.47 Å². The molecule has 2 N–H and O–H groups in total. The zero-order valence-electron chi connectivity index (χ0n) is 24.5. The molecule has 0 bridgehead atoms. The van der Waals surface area contributed by atoms with E-state index in [1.54, 1.807) is 19.9 Å². The lowest BCUT2D eigenvalue weighted by Crippen LogP contribution is -2.37. The van der Waals surface area contributed by atoms with E-state index < -0.39 is 43.5 Å². The van der Waals surface area contributed by atoms with Crippen LogP contribution in [0.15, 0.2) is 24.3 Å². The van der Waals surface area contributed by atoms with Gasteiger partial charge in [0, 0.05) is 38.7 Å². The topological polar surface area (TPSA) is 87.2 Å². The van der Waals surface area contributed by atoms with Gasteiger partial charge < -0.3 is 29.7 Å². The molecule has 1 aliphatic heterocycles. The monoisotopic (exact) mass is 662 g/mol. The number of urea groups is 1. The molecule has 1 saturated heterocycles. The second-order valence-corrected chi connectivity index (χ2v) is 9.71. The Morgan fingerprint density at radius 2 is 1.76 bits per heavy atom. The first-order valence-electron chi connectivity index (χ1n) is 13.9. The molecule has 254 valence electrons. The lowest BCUT2D eigenvalue weighted by atomic mass is 10.00. The predicted molar refractivity (Wildman–Crippen MR) is 148 cm³/mol. The van der Waals surface area contributed by atoms with Gasteiger partial charge in [0.25, 0.3) is 12.9 Å². The van der Waals surface area contributed by atoms with Crippen molar-refractivity contribution in [3.05, 3.63) is 35.6 Å². The van der Waals surface area contributed by atoms with Gasteiger partial charge in [0.15, 0.2) is 0 Å². The Labute approximate surface area is 254 Å². The molecule has 1 aromatic carbocycles. The molecular weight excluding hydrogens is 627 g/mol. The van der Waals surface area contributed by atoms with Crippen molar-refractivity contribution in [2.24, 2.45) is 0 Å². The highest BCUT2D eigenvalue weighted by Crippen LogP contribution is 2.34. The van der Waals surface area contributed by atoms with Gasteiger partial charge in [0.05, 0.1) is 25.5 Å². The summed E-state index contributed by atoms with van der Waals surface area (Å²) in [4.78, 5) is 20.5. The number of alkyl halides is 8. The number of rotatable bonds is 13. The third kappa shape index (κ3) is 11.8. The summed E-state index contributed by atoms with van der Waals surface area (Å²) in [6.45, 7) is 5.28. The molecule has 0 radical (unpaired) electrons. The number of nitrogens with one attached hydrogen (secondary N) is 1. The van der Waals surface area contributed by atoms with Crippen molar-refractivity contribution in [1.29, 1.82) is 0 Å². The van der Waals surface area contributed by atoms with E-state index >= 15 is 0 Å².